The van der Waals surface area contributed by atoms with Crippen molar-refractivity contribution in [1.82, 2.24) is 14.6 Å². The van der Waals surface area contributed by atoms with Gasteiger partial charge in [0.25, 0.3) is 0 Å². The summed E-state index contributed by atoms with van der Waals surface area (Å²) < 4.78 is 2.10. The van der Waals surface area contributed by atoms with E-state index in [1.54, 1.807) is 0 Å². The van der Waals surface area contributed by atoms with Crippen molar-refractivity contribution in [2.75, 3.05) is 0 Å². The lowest BCUT2D eigenvalue weighted by Gasteiger charge is -2.15. The Balaban J connectivity index is 2.24. The largest absolute Gasteiger partial charge is 0.237 e. The van der Waals surface area contributed by atoms with E-state index in [-0.39, 0.29) is 0 Å². The molecule has 0 aliphatic carbocycles. The number of aromatic nitrogens is 3. The van der Waals surface area contributed by atoms with Crippen molar-refractivity contribution in [2.24, 2.45) is 0 Å². The van der Waals surface area contributed by atoms with Gasteiger partial charge in [0, 0.05) is 17.3 Å². The lowest BCUT2D eigenvalue weighted by Crippen LogP contribution is -2.02. The minimum absolute atomic E-state index is 0.542. The summed E-state index contributed by atoms with van der Waals surface area (Å²) in [6, 6.07) is 6.63. The van der Waals surface area contributed by atoms with E-state index >= 15 is 0 Å². The fourth-order valence-electron chi connectivity index (χ4n) is 4.46. The highest BCUT2D eigenvalue weighted by Gasteiger charge is 2.22. The minimum Gasteiger partial charge on any atom is -0.237 e. The Morgan fingerprint density at radius 3 is 2.33 bits per heavy atom. The molecule has 0 radical (unpaired) electrons. The van der Waals surface area contributed by atoms with Gasteiger partial charge in [0.1, 0.15) is 0 Å². The Labute approximate surface area is 163 Å². The summed E-state index contributed by atoms with van der Waals surface area (Å²) in [4.78, 5) is 4.79. The molecule has 0 aliphatic rings. The minimum atomic E-state index is 0.542. The molecule has 3 nitrogen and oxygen atoms in total. The number of benzene rings is 1. The van der Waals surface area contributed by atoms with Gasteiger partial charge in [0.2, 0.25) is 0 Å². The van der Waals surface area contributed by atoms with E-state index in [1.165, 1.54) is 52.8 Å². The number of nitrogens with zero attached hydrogens (tertiary/aromatic N) is 3. The Hall–Kier alpha value is -2.16. The molecule has 1 aromatic carbocycles. The van der Waals surface area contributed by atoms with Crippen LogP contribution in [0.1, 0.15) is 80.3 Å². The topological polar surface area (TPSA) is 30.2 Å². The number of rotatable bonds is 7. The molecule has 3 heteroatoms. The first-order chi connectivity index (χ1) is 13.0. The molecule has 2 aromatic heterocycles. The van der Waals surface area contributed by atoms with E-state index in [0.29, 0.717) is 5.92 Å². The molecule has 3 rings (SSSR count). The maximum atomic E-state index is 5.04. The van der Waals surface area contributed by atoms with E-state index in [2.05, 4.69) is 64.3 Å². The van der Waals surface area contributed by atoms with E-state index in [4.69, 9.17) is 10.1 Å². The smallest absolute Gasteiger partial charge is 0.159 e. The number of hydrogen-bond donors (Lipinski definition) is 0. The van der Waals surface area contributed by atoms with Crippen LogP contribution in [0.15, 0.2) is 24.4 Å². The zero-order chi connectivity index (χ0) is 19.6. The van der Waals surface area contributed by atoms with Gasteiger partial charge in [-0.15, -0.1) is 0 Å². The van der Waals surface area contributed by atoms with Crippen LogP contribution < -0.4 is 0 Å². The molecule has 0 saturated carbocycles. The fourth-order valence-corrected chi connectivity index (χ4v) is 4.46. The molecule has 0 bridgehead atoms. The summed E-state index contributed by atoms with van der Waals surface area (Å²) in [6.45, 7) is 13.3. The first-order valence-corrected chi connectivity index (χ1v) is 10.5. The van der Waals surface area contributed by atoms with Crippen LogP contribution in [0.5, 0.6) is 0 Å². The van der Waals surface area contributed by atoms with Crippen LogP contribution in [0.2, 0.25) is 0 Å². The Bertz CT molecular complexity index is 913. The first kappa shape index (κ1) is 19.6. The quantitative estimate of drug-likeness (QED) is 0.475. The molecule has 0 amide bonds. The Morgan fingerprint density at radius 1 is 1.04 bits per heavy atom. The van der Waals surface area contributed by atoms with Gasteiger partial charge < -0.3 is 0 Å². The zero-order valence-electron chi connectivity index (χ0n) is 17.8. The van der Waals surface area contributed by atoms with Crippen molar-refractivity contribution in [3.63, 3.8) is 0 Å². The van der Waals surface area contributed by atoms with Crippen molar-refractivity contribution in [3.05, 3.63) is 52.3 Å². The van der Waals surface area contributed by atoms with Crippen molar-refractivity contribution in [2.45, 2.75) is 79.6 Å². The molecule has 0 N–H and O–H groups in total. The Morgan fingerprint density at radius 2 is 1.74 bits per heavy atom. The predicted molar refractivity (Wildman–Crippen MR) is 115 cm³/mol. The van der Waals surface area contributed by atoms with Crippen molar-refractivity contribution >= 4 is 5.65 Å². The van der Waals surface area contributed by atoms with Gasteiger partial charge >= 0.3 is 0 Å². The van der Waals surface area contributed by atoms with Crippen LogP contribution in [0.4, 0.5) is 0 Å². The second-order valence-electron chi connectivity index (χ2n) is 7.80. The van der Waals surface area contributed by atoms with Gasteiger partial charge in [-0.25, -0.2) is 9.50 Å². The Kier molecular flexibility index (Phi) is 5.98. The summed E-state index contributed by atoms with van der Waals surface area (Å²) in [6.07, 6.45) is 7.76. The summed E-state index contributed by atoms with van der Waals surface area (Å²) >= 11 is 0. The second kappa shape index (κ2) is 8.24. The van der Waals surface area contributed by atoms with E-state index < -0.39 is 0 Å². The number of unbranched alkanes of at least 4 members (excludes halogenated alkanes) is 1. The molecular formula is C24H33N3. The van der Waals surface area contributed by atoms with Crippen LogP contribution in [-0.2, 0) is 6.42 Å². The molecule has 0 aliphatic heterocycles. The standard InChI is InChI=1S/C24H33N3/c1-7-10-11-19(8-2)23-20(9-3)26-27-21(12-13-25-24(23)27)22-17(5)14-16(4)15-18(22)6/h12-15,19H,7-11H2,1-6H3. The molecule has 0 saturated heterocycles. The second-order valence-corrected chi connectivity index (χ2v) is 7.80. The molecule has 1 atom stereocenters. The average Bonchev–Trinajstić information content (AvgIpc) is 3.01. The maximum Gasteiger partial charge on any atom is 0.159 e. The van der Waals surface area contributed by atoms with Gasteiger partial charge in [0.15, 0.2) is 5.65 Å². The van der Waals surface area contributed by atoms with Gasteiger partial charge in [-0.1, -0.05) is 51.3 Å². The van der Waals surface area contributed by atoms with E-state index in [0.717, 1.165) is 24.2 Å². The average molecular weight is 364 g/mol. The highest BCUT2D eigenvalue weighted by Crippen LogP contribution is 2.34. The molecule has 1 unspecified atom stereocenters. The van der Waals surface area contributed by atoms with Crippen LogP contribution >= 0.6 is 0 Å². The SMILES string of the molecule is CCCCC(CC)c1c(CC)nn2c(-c3c(C)cc(C)cc3C)ccnc12. The number of aryl methyl sites for hydroxylation is 4. The van der Waals surface area contributed by atoms with Crippen molar-refractivity contribution in [3.8, 4) is 11.3 Å². The molecular weight excluding hydrogens is 330 g/mol. The predicted octanol–water partition coefficient (Wildman–Crippen LogP) is 6.57. The maximum absolute atomic E-state index is 5.04. The molecule has 2 heterocycles. The lowest BCUT2D eigenvalue weighted by molar-refractivity contribution is 0.568. The summed E-state index contributed by atoms with van der Waals surface area (Å²) in [7, 11) is 0. The van der Waals surface area contributed by atoms with Gasteiger partial charge in [-0.05, 0) is 63.1 Å². The number of hydrogen-bond acceptors (Lipinski definition) is 2. The third-order valence-corrected chi connectivity index (χ3v) is 5.71. The molecule has 27 heavy (non-hydrogen) atoms. The third-order valence-electron chi connectivity index (χ3n) is 5.71. The van der Waals surface area contributed by atoms with E-state index in [9.17, 15) is 0 Å². The highest BCUT2D eigenvalue weighted by molar-refractivity contribution is 5.71. The monoisotopic (exact) mass is 363 g/mol. The van der Waals surface area contributed by atoms with Crippen LogP contribution in [0.3, 0.4) is 0 Å². The summed E-state index contributed by atoms with van der Waals surface area (Å²) in [5.41, 5.74) is 9.97. The fraction of sp³-hybridized carbons (Fsp3) is 0.500. The van der Waals surface area contributed by atoms with Crippen LogP contribution in [0, 0.1) is 20.8 Å². The van der Waals surface area contributed by atoms with Crippen molar-refractivity contribution < 1.29 is 0 Å². The zero-order valence-corrected chi connectivity index (χ0v) is 17.8. The molecule has 0 spiro atoms. The lowest BCUT2D eigenvalue weighted by atomic mass is 9.90. The molecule has 0 fully saturated rings. The highest BCUT2D eigenvalue weighted by atomic mass is 15.3. The van der Waals surface area contributed by atoms with Crippen LogP contribution in [-0.4, -0.2) is 14.6 Å². The van der Waals surface area contributed by atoms with E-state index in [1.807, 2.05) is 6.20 Å². The summed E-state index contributed by atoms with van der Waals surface area (Å²) in [5, 5.41) is 5.04. The number of fused-ring (bicyclic) bond motifs is 1. The summed E-state index contributed by atoms with van der Waals surface area (Å²) in [5.74, 6) is 0.542. The normalized spacial score (nSPS) is 12.7. The molecule has 144 valence electrons. The van der Waals surface area contributed by atoms with Crippen molar-refractivity contribution in [1.29, 1.82) is 0 Å². The van der Waals surface area contributed by atoms with Gasteiger partial charge in [-0.3, -0.25) is 0 Å². The molecule has 3 aromatic rings. The van der Waals surface area contributed by atoms with Crippen LogP contribution in [0.25, 0.3) is 16.9 Å². The van der Waals surface area contributed by atoms with Gasteiger partial charge in [0.05, 0.1) is 11.4 Å². The third kappa shape index (κ3) is 3.65. The van der Waals surface area contributed by atoms with Gasteiger partial charge in [-0.2, -0.15) is 5.10 Å². The first-order valence-electron chi connectivity index (χ1n) is 10.5.